The first-order valence-corrected chi connectivity index (χ1v) is 13.1. The number of amides is 2. The number of hydrogen-bond acceptors (Lipinski definition) is 5. The van der Waals surface area contributed by atoms with Crippen molar-refractivity contribution in [3.05, 3.63) is 65.9 Å². The summed E-state index contributed by atoms with van der Waals surface area (Å²) in [6.07, 6.45) is 0.862. The summed E-state index contributed by atoms with van der Waals surface area (Å²) in [5.74, 6) is 1.44. The Hall–Kier alpha value is -3.81. The number of rotatable bonds is 13. The van der Waals surface area contributed by atoms with Crippen molar-refractivity contribution in [2.24, 2.45) is 11.8 Å². The highest BCUT2D eigenvalue weighted by Gasteiger charge is 2.24. The fourth-order valence-electron chi connectivity index (χ4n) is 4.43. The number of nitrogens with one attached hydrogen (secondary N) is 2. The van der Waals surface area contributed by atoms with Gasteiger partial charge in [-0.2, -0.15) is 5.10 Å². The molecular formula is C30H40N4O4. The van der Waals surface area contributed by atoms with E-state index in [4.69, 9.17) is 9.47 Å². The Bertz CT molecular complexity index is 1180. The van der Waals surface area contributed by atoms with Gasteiger partial charge in [-0.3, -0.25) is 14.3 Å². The van der Waals surface area contributed by atoms with Crippen LogP contribution in [0.25, 0.3) is 11.3 Å². The third-order valence-electron chi connectivity index (χ3n) is 6.09. The van der Waals surface area contributed by atoms with Crippen molar-refractivity contribution < 1.29 is 19.1 Å². The molecule has 2 amide bonds. The molecule has 1 atom stereocenters. The van der Waals surface area contributed by atoms with E-state index in [2.05, 4.69) is 43.4 Å². The van der Waals surface area contributed by atoms with Crippen LogP contribution >= 0.6 is 0 Å². The smallest absolute Gasteiger partial charge is 0.272 e. The van der Waals surface area contributed by atoms with Gasteiger partial charge in [0, 0.05) is 25.6 Å². The number of nitrogens with zero attached hydrogens (tertiary/aromatic N) is 2. The second kappa shape index (κ2) is 13.7. The van der Waals surface area contributed by atoms with Crippen molar-refractivity contribution in [2.45, 2.75) is 59.7 Å². The van der Waals surface area contributed by atoms with Crippen molar-refractivity contribution in [3.63, 3.8) is 0 Å². The summed E-state index contributed by atoms with van der Waals surface area (Å²) in [5, 5.41) is 10.7. The summed E-state index contributed by atoms with van der Waals surface area (Å²) in [6.45, 7) is 9.40. The van der Waals surface area contributed by atoms with Crippen LogP contribution in [-0.4, -0.2) is 41.9 Å². The highest BCUT2D eigenvalue weighted by atomic mass is 16.5. The van der Waals surface area contributed by atoms with Crippen LogP contribution in [-0.2, 0) is 17.9 Å². The Labute approximate surface area is 225 Å². The Morgan fingerprint density at radius 1 is 0.921 bits per heavy atom. The number of ether oxygens (including phenoxy) is 2. The van der Waals surface area contributed by atoms with Crippen LogP contribution in [0, 0.1) is 11.8 Å². The molecule has 0 aliphatic carbocycles. The molecule has 0 aliphatic heterocycles. The molecule has 0 saturated heterocycles. The van der Waals surface area contributed by atoms with Crippen molar-refractivity contribution in [1.82, 2.24) is 20.4 Å². The predicted molar refractivity (Wildman–Crippen MR) is 149 cm³/mol. The summed E-state index contributed by atoms with van der Waals surface area (Å²) in [5.41, 5.74) is 2.79. The lowest BCUT2D eigenvalue weighted by Crippen LogP contribution is -2.40. The van der Waals surface area contributed by atoms with E-state index < -0.39 is 0 Å². The first-order chi connectivity index (χ1) is 18.2. The maximum Gasteiger partial charge on any atom is 0.272 e. The van der Waals surface area contributed by atoms with Gasteiger partial charge in [0.15, 0.2) is 5.69 Å². The number of hydrogen-bond donors (Lipinski definition) is 2. The van der Waals surface area contributed by atoms with E-state index in [0.717, 1.165) is 16.8 Å². The van der Waals surface area contributed by atoms with Gasteiger partial charge in [-0.1, -0.05) is 64.1 Å². The van der Waals surface area contributed by atoms with Gasteiger partial charge in [0.2, 0.25) is 5.91 Å². The van der Waals surface area contributed by atoms with E-state index >= 15 is 0 Å². The van der Waals surface area contributed by atoms with Crippen molar-refractivity contribution in [1.29, 1.82) is 0 Å². The van der Waals surface area contributed by atoms with Gasteiger partial charge < -0.3 is 20.1 Å². The maximum absolute atomic E-state index is 13.4. The second-order valence-corrected chi connectivity index (χ2v) is 10.3. The molecule has 8 nitrogen and oxygen atoms in total. The zero-order chi connectivity index (χ0) is 27.7. The first-order valence-electron chi connectivity index (χ1n) is 13.1. The summed E-state index contributed by atoms with van der Waals surface area (Å²) >= 11 is 0. The van der Waals surface area contributed by atoms with Gasteiger partial charge in [0.05, 0.1) is 25.5 Å². The zero-order valence-corrected chi connectivity index (χ0v) is 23.3. The molecule has 0 spiro atoms. The summed E-state index contributed by atoms with van der Waals surface area (Å²) < 4.78 is 13.0. The first kappa shape index (κ1) is 28.8. The topological polar surface area (TPSA) is 94.5 Å². The molecule has 0 radical (unpaired) electrons. The molecule has 0 aliphatic rings. The minimum atomic E-state index is -0.322. The van der Waals surface area contributed by atoms with Gasteiger partial charge in [-0.15, -0.1) is 0 Å². The molecule has 204 valence electrons. The van der Waals surface area contributed by atoms with E-state index in [0.29, 0.717) is 42.8 Å². The fourth-order valence-corrected chi connectivity index (χ4v) is 4.43. The fraction of sp³-hybridized carbons (Fsp3) is 0.433. The molecule has 2 aromatic carbocycles. The van der Waals surface area contributed by atoms with Gasteiger partial charge in [-0.25, -0.2) is 0 Å². The van der Waals surface area contributed by atoms with Crippen molar-refractivity contribution >= 4 is 11.8 Å². The SMILES string of the molecule is COc1cccc(OC)c1-c1cc(C(=O)NC(CC(=O)NCc2ccccc2)CC(C)C)nn1CC(C)C. The monoisotopic (exact) mass is 520 g/mol. The molecule has 1 heterocycles. The van der Waals surface area contributed by atoms with Crippen LogP contribution in [0.5, 0.6) is 11.5 Å². The molecule has 3 aromatic rings. The Morgan fingerprint density at radius 3 is 2.16 bits per heavy atom. The molecular weight excluding hydrogens is 480 g/mol. The van der Waals surface area contributed by atoms with Crippen LogP contribution in [0.15, 0.2) is 54.6 Å². The van der Waals surface area contributed by atoms with Crippen LogP contribution in [0.1, 0.15) is 56.6 Å². The van der Waals surface area contributed by atoms with Gasteiger partial charge >= 0.3 is 0 Å². The van der Waals surface area contributed by atoms with Crippen LogP contribution < -0.4 is 20.1 Å². The average Bonchev–Trinajstić information content (AvgIpc) is 3.29. The number of carbonyl (C=O) groups is 2. The molecule has 38 heavy (non-hydrogen) atoms. The number of carbonyl (C=O) groups excluding carboxylic acids is 2. The maximum atomic E-state index is 13.4. The predicted octanol–water partition coefficient (Wildman–Crippen LogP) is 5.07. The molecule has 0 saturated carbocycles. The minimum Gasteiger partial charge on any atom is -0.496 e. The van der Waals surface area contributed by atoms with E-state index in [-0.39, 0.29) is 30.0 Å². The Balaban J connectivity index is 1.82. The van der Waals surface area contributed by atoms with Gasteiger partial charge in [0.1, 0.15) is 11.5 Å². The lowest BCUT2D eigenvalue weighted by atomic mass is 10.0. The third kappa shape index (κ3) is 7.84. The number of methoxy groups -OCH3 is 2. The van der Waals surface area contributed by atoms with E-state index in [1.54, 1.807) is 20.3 Å². The Morgan fingerprint density at radius 2 is 1.58 bits per heavy atom. The Kier molecular flexibility index (Phi) is 10.3. The largest absolute Gasteiger partial charge is 0.496 e. The minimum absolute atomic E-state index is 0.107. The summed E-state index contributed by atoms with van der Waals surface area (Å²) in [6, 6.07) is 16.8. The molecule has 2 N–H and O–H groups in total. The third-order valence-corrected chi connectivity index (χ3v) is 6.09. The van der Waals surface area contributed by atoms with Crippen molar-refractivity contribution in [3.8, 4) is 22.8 Å². The zero-order valence-electron chi connectivity index (χ0n) is 23.3. The van der Waals surface area contributed by atoms with E-state index in [1.165, 1.54) is 0 Å². The van der Waals surface area contributed by atoms with Gasteiger partial charge in [0.25, 0.3) is 5.91 Å². The van der Waals surface area contributed by atoms with Gasteiger partial charge in [-0.05, 0) is 42.0 Å². The number of aromatic nitrogens is 2. The standard InChI is InChI=1S/C30H40N4O4/c1-20(2)15-23(16-28(35)31-18-22-11-8-7-9-12-22)32-30(36)24-17-25(34(33-24)19-21(3)4)29-26(37-5)13-10-14-27(29)38-6/h7-14,17,20-21,23H,15-16,18-19H2,1-6H3,(H,31,35)(H,32,36). The second-order valence-electron chi connectivity index (χ2n) is 10.3. The lowest BCUT2D eigenvalue weighted by molar-refractivity contribution is -0.121. The summed E-state index contributed by atoms with van der Waals surface area (Å²) in [7, 11) is 3.21. The highest BCUT2D eigenvalue weighted by Crippen LogP contribution is 2.38. The molecule has 1 aromatic heterocycles. The highest BCUT2D eigenvalue weighted by molar-refractivity contribution is 5.94. The normalized spacial score (nSPS) is 11.9. The molecule has 0 fully saturated rings. The molecule has 8 heteroatoms. The van der Waals surface area contributed by atoms with Crippen LogP contribution in [0.4, 0.5) is 0 Å². The lowest BCUT2D eigenvalue weighted by Gasteiger charge is -2.20. The van der Waals surface area contributed by atoms with E-state index in [9.17, 15) is 9.59 Å². The van der Waals surface area contributed by atoms with Crippen LogP contribution in [0.2, 0.25) is 0 Å². The average molecular weight is 521 g/mol. The van der Waals surface area contributed by atoms with E-state index in [1.807, 2.05) is 53.2 Å². The summed E-state index contributed by atoms with van der Waals surface area (Å²) in [4.78, 5) is 26.1. The molecule has 3 rings (SSSR count). The quantitative estimate of drug-likeness (QED) is 0.328. The molecule has 1 unspecified atom stereocenters. The number of benzene rings is 2. The van der Waals surface area contributed by atoms with Crippen LogP contribution in [0.3, 0.4) is 0 Å². The van der Waals surface area contributed by atoms with Crippen molar-refractivity contribution in [2.75, 3.05) is 14.2 Å². The molecule has 0 bridgehead atoms.